The van der Waals surface area contributed by atoms with E-state index >= 15 is 0 Å². The third-order valence-corrected chi connectivity index (χ3v) is 4.38. The van der Waals surface area contributed by atoms with Crippen LogP contribution in [0, 0.1) is 11.8 Å². The standard InChI is InChI=1S/C19H25N3O2/c1-6-24-19(23)17(14-8-7-12(4)21-14)15-9-10-16(22-15)18(20)13(5)11(2)3/h6-11,13,18,22H,1,20H2,2-5H3/b17-14+/t13?,18-/m0/s1. The van der Waals surface area contributed by atoms with Gasteiger partial charge in [0.25, 0.3) is 0 Å². The van der Waals surface area contributed by atoms with Crippen molar-refractivity contribution in [1.82, 2.24) is 4.98 Å². The quantitative estimate of drug-likeness (QED) is 0.474. The molecule has 5 heteroatoms. The molecule has 0 bridgehead atoms. The smallest absolute Gasteiger partial charge is 0.347 e. The normalized spacial score (nSPS) is 18.3. The summed E-state index contributed by atoms with van der Waals surface area (Å²) < 4.78 is 4.97. The molecule has 0 saturated carbocycles. The number of aliphatic imine (C=N–C) groups is 1. The lowest BCUT2D eigenvalue weighted by molar-refractivity contribution is -0.131. The van der Waals surface area contributed by atoms with Gasteiger partial charge >= 0.3 is 5.97 Å². The zero-order valence-corrected chi connectivity index (χ0v) is 14.7. The molecule has 1 aliphatic heterocycles. The molecule has 3 N–H and O–H groups in total. The van der Waals surface area contributed by atoms with E-state index in [4.69, 9.17) is 10.5 Å². The van der Waals surface area contributed by atoms with Crippen LogP contribution in [-0.4, -0.2) is 16.7 Å². The van der Waals surface area contributed by atoms with E-state index in [0.717, 1.165) is 17.7 Å². The van der Waals surface area contributed by atoms with E-state index in [1.807, 2.05) is 25.1 Å². The second kappa shape index (κ2) is 7.45. The third-order valence-electron chi connectivity index (χ3n) is 4.38. The molecule has 128 valence electrons. The SMILES string of the molecule is C=COC(=O)/C(=C1\C=CC(C)=N1)c1ccc([C@@H](N)C(C)C(C)C)[nH]1. The first kappa shape index (κ1) is 17.9. The number of aromatic nitrogens is 1. The molecule has 5 nitrogen and oxygen atoms in total. The summed E-state index contributed by atoms with van der Waals surface area (Å²) in [7, 11) is 0. The number of allylic oxidation sites excluding steroid dienone is 2. The first-order valence-corrected chi connectivity index (χ1v) is 8.09. The Morgan fingerprint density at radius 1 is 1.33 bits per heavy atom. The van der Waals surface area contributed by atoms with Crippen molar-refractivity contribution >= 4 is 17.3 Å². The van der Waals surface area contributed by atoms with Gasteiger partial charge in [-0.2, -0.15) is 0 Å². The predicted molar refractivity (Wildman–Crippen MR) is 97.2 cm³/mol. The van der Waals surface area contributed by atoms with Crippen LogP contribution in [0.5, 0.6) is 0 Å². The second-order valence-corrected chi connectivity index (χ2v) is 6.38. The summed E-state index contributed by atoms with van der Waals surface area (Å²) >= 11 is 0. The minimum atomic E-state index is -0.498. The highest BCUT2D eigenvalue weighted by molar-refractivity contribution is 6.18. The second-order valence-electron chi connectivity index (χ2n) is 6.38. The van der Waals surface area contributed by atoms with Crippen LogP contribution in [0.4, 0.5) is 0 Å². The Bertz CT molecular complexity index is 723. The highest BCUT2D eigenvalue weighted by atomic mass is 16.5. The van der Waals surface area contributed by atoms with E-state index in [0.29, 0.717) is 28.8 Å². The van der Waals surface area contributed by atoms with Crippen molar-refractivity contribution < 1.29 is 9.53 Å². The molecule has 0 aliphatic carbocycles. The van der Waals surface area contributed by atoms with Gasteiger partial charge in [-0.05, 0) is 43.0 Å². The van der Waals surface area contributed by atoms with E-state index in [9.17, 15) is 4.79 Å². The molecular weight excluding hydrogens is 302 g/mol. The van der Waals surface area contributed by atoms with Gasteiger partial charge in [-0.15, -0.1) is 0 Å². The number of hydrogen-bond acceptors (Lipinski definition) is 4. The molecule has 0 fully saturated rings. The summed E-state index contributed by atoms with van der Waals surface area (Å²) in [5.41, 5.74) is 9.65. The van der Waals surface area contributed by atoms with Gasteiger partial charge < -0.3 is 15.5 Å². The summed E-state index contributed by atoms with van der Waals surface area (Å²) in [5.74, 6) is 0.265. The van der Waals surface area contributed by atoms with Crippen molar-refractivity contribution in [2.75, 3.05) is 0 Å². The monoisotopic (exact) mass is 327 g/mol. The lowest BCUT2D eigenvalue weighted by Crippen LogP contribution is -2.23. The highest BCUT2D eigenvalue weighted by Crippen LogP contribution is 2.29. The maximum Gasteiger partial charge on any atom is 0.347 e. The van der Waals surface area contributed by atoms with Gasteiger partial charge in [-0.1, -0.05) is 27.4 Å². The highest BCUT2D eigenvalue weighted by Gasteiger charge is 2.24. The fraction of sp³-hybridized carbons (Fsp3) is 0.368. The van der Waals surface area contributed by atoms with Gasteiger partial charge in [0.15, 0.2) is 0 Å². The van der Waals surface area contributed by atoms with Crippen molar-refractivity contribution in [2.45, 2.75) is 33.7 Å². The van der Waals surface area contributed by atoms with Crippen LogP contribution in [0.25, 0.3) is 5.57 Å². The van der Waals surface area contributed by atoms with Crippen LogP contribution in [0.15, 0.2) is 47.8 Å². The molecule has 2 atom stereocenters. The molecule has 24 heavy (non-hydrogen) atoms. The molecular formula is C19H25N3O2. The maximum absolute atomic E-state index is 12.4. The molecule has 2 rings (SSSR count). The Kier molecular flexibility index (Phi) is 5.57. The van der Waals surface area contributed by atoms with E-state index in [2.05, 4.69) is 37.3 Å². The lowest BCUT2D eigenvalue weighted by Gasteiger charge is -2.22. The molecule has 1 aromatic heterocycles. The molecule has 0 spiro atoms. The fourth-order valence-corrected chi connectivity index (χ4v) is 2.54. The Morgan fingerprint density at radius 2 is 2.04 bits per heavy atom. The Labute approximate surface area is 143 Å². The zero-order valence-electron chi connectivity index (χ0n) is 14.7. The summed E-state index contributed by atoms with van der Waals surface area (Å²) in [6.07, 6.45) is 4.77. The number of hydrogen-bond donors (Lipinski definition) is 2. The fourth-order valence-electron chi connectivity index (χ4n) is 2.54. The number of ether oxygens (including phenoxy) is 1. The van der Waals surface area contributed by atoms with Crippen LogP contribution in [0.1, 0.15) is 45.1 Å². The number of aromatic amines is 1. The Hall–Kier alpha value is -2.40. The Morgan fingerprint density at radius 3 is 2.58 bits per heavy atom. The van der Waals surface area contributed by atoms with Gasteiger partial charge in [0.1, 0.15) is 5.57 Å². The molecule has 2 heterocycles. The van der Waals surface area contributed by atoms with Crippen LogP contribution in [-0.2, 0) is 9.53 Å². The number of carbonyl (C=O) groups excluding carboxylic acids is 1. The molecule has 0 radical (unpaired) electrons. The molecule has 0 saturated heterocycles. The van der Waals surface area contributed by atoms with Gasteiger partial charge in [0, 0.05) is 17.4 Å². The number of esters is 1. The van der Waals surface area contributed by atoms with Crippen molar-refractivity contribution in [3.05, 3.63) is 54.2 Å². The zero-order chi connectivity index (χ0) is 17.9. The van der Waals surface area contributed by atoms with Crippen molar-refractivity contribution in [2.24, 2.45) is 22.6 Å². The van der Waals surface area contributed by atoms with Crippen LogP contribution in [0.3, 0.4) is 0 Å². The summed E-state index contributed by atoms with van der Waals surface area (Å²) in [6, 6.07) is 3.62. The molecule has 1 unspecified atom stereocenters. The van der Waals surface area contributed by atoms with Crippen LogP contribution < -0.4 is 5.73 Å². The Balaban J connectivity index is 2.41. The van der Waals surface area contributed by atoms with Gasteiger partial charge in [0.2, 0.25) is 0 Å². The number of rotatable bonds is 6. The van der Waals surface area contributed by atoms with Gasteiger partial charge in [0.05, 0.1) is 17.7 Å². The number of nitrogens with two attached hydrogens (primary N) is 1. The van der Waals surface area contributed by atoms with Gasteiger partial charge in [-0.25, -0.2) is 4.79 Å². The number of nitrogens with zero attached hydrogens (tertiary/aromatic N) is 1. The average Bonchev–Trinajstić information content (AvgIpc) is 3.16. The van der Waals surface area contributed by atoms with Gasteiger partial charge in [-0.3, -0.25) is 4.99 Å². The van der Waals surface area contributed by atoms with Crippen molar-refractivity contribution in [1.29, 1.82) is 0 Å². The minimum Gasteiger partial charge on any atom is -0.431 e. The first-order chi connectivity index (χ1) is 11.3. The van der Waals surface area contributed by atoms with Crippen LogP contribution in [0.2, 0.25) is 0 Å². The summed E-state index contributed by atoms with van der Waals surface area (Å²) in [5, 5.41) is 0. The van der Waals surface area contributed by atoms with Crippen LogP contribution >= 0.6 is 0 Å². The number of nitrogens with one attached hydrogen (secondary N) is 1. The third kappa shape index (κ3) is 3.74. The van der Waals surface area contributed by atoms with E-state index in [1.54, 1.807) is 6.08 Å². The van der Waals surface area contributed by atoms with E-state index in [1.165, 1.54) is 0 Å². The lowest BCUT2D eigenvalue weighted by atomic mass is 9.89. The van der Waals surface area contributed by atoms with Crippen molar-refractivity contribution in [3.8, 4) is 0 Å². The summed E-state index contributed by atoms with van der Waals surface area (Å²) in [4.78, 5) is 20.0. The average molecular weight is 327 g/mol. The molecule has 0 amide bonds. The van der Waals surface area contributed by atoms with Crippen molar-refractivity contribution in [3.63, 3.8) is 0 Å². The molecule has 1 aliphatic rings. The minimum absolute atomic E-state index is 0.134. The van der Waals surface area contributed by atoms with E-state index < -0.39 is 5.97 Å². The molecule has 0 aromatic carbocycles. The van der Waals surface area contributed by atoms with E-state index in [-0.39, 0.29) is 6.04 Å². The molecule has 1 aromatic rings. The summed E-state index contributed by atoms with van der Waals surface area (Å²) in [6.45, 7) is 11.7. The number of H-pyrrole nitrogens is 1. The predicted octanol–water partition coefficient (Wildman–Crippen LogP) is 3.74. The number of carbonyl (C=O) groups is 1. The largest absolute Gasteiger partial charge is 0.431 e. The topological polar surface area (TPSA) is 80.5 Å². The maximum atomic E-state index is 12.4. The first-order valence-electron chi connectivity index (χ1n) is 8.09.